The fourth-order valence-electron chi connectivity index (χ4n) is 11.6. The molecule has 11 heteroatoms. The van der Waals surface area contributed by atoms with Crippen LogP contribution < -0.4 is 11.1 Å². The van der Waals surface area contributed by atoms with Crippen LogP contribution in [-0.2, 0) is 9.53 Å². The van der Waals surface area contributed by atoms with E-state index in [4.69, 9.17) is 10.5 Å². The predicted octanol–water partition coefficient (Wildman–Crippen LogP) is 3.53. The molecule has 0 spiro atoms. The molecule has 1 saturated heterocycles. The van der Waals surface area contributed by atoms with Gasteiger partial charge in [0.1, 0.15) is 30.1 Å². The molecule has 5 fully saturated rings. The highest BCUT2D eigenvalue weighted by Gasteiger charge is 2.63. The van der Waals surface area contributed by atoms with Gasteiger partial charge in [0, 0.05) is 19.0 Å². The molecular formula is C38H55N5O6. The quantitative estimate of drug-likeness (QED) is 0.240. The zero-order valence-corrected chi connectivity index (χ0v) is 29.2. The molecule has 5 aliphatic rings. The highest BCUT2D eigenvalue weighted by Crippen LogP contribution is 2.68. The van der Waals surface area contributed by atoms with Gasteiger partial charge in [0.2, 0.25) is 5.91 Å². The van der Waals surface area contributed by atoms with Gasteiger partial charge in [0.05, 0.1) is 42.4 Å². The van der Waals surface area contributed by atoms with E-state index >= 15 is 0 Å². The average Bonchev–Trinajstić information content (AvgIpc) is 3.76. The number of aromatic nitrogens is 3. The molecule has 7 N–H and O–H groups in total. The van der Waals surface area contributed by atoms with Gasteiger partial charge in [-0.15, -0.1) is 0 Å². The van der Waals surface area contributed by atoms with Crippen molar-refractivity contribution in [2.45, 2.75) is 122 Å². The van der Waals surface area contributed by atoms with Crippen molar-refractivity contribution in [2.24, 2.45) is 46.3 Å². The smallest absolute Gasteiger partial charge is 0.220 e. The van der Waals surface area contributed by atoms with E-state index in [9.17, 15) is 25.2 Å². The zero-order valence-electron chi connectivity index (χ0n) is 29.2. The number of nitrogen functional groups attached to an aromatic ring is 1. The van der Waals surface area contributed by atoms with Crippen LogP contribution in [0.5, 0.6) is 0 Å². The number of nitrogens with zero attached hydrogens (tertiary/aromatic N) is 3. The molecule has 13 atom stereocenters. The van der Waals surface area contributed by atoms with Crippen LogP contribution in [0.4, 0.5) is 5.82 Å². The SMILES string of the molecule is C[C@H](CCC(=O)NCC#Cc1cn([C@H]2C[C@H](O)[C@@H](CO)O2)c2ncnc(N)c12)[C@H]1CC[C@H]2[C@@H]3CC[C@@H]4C[C@H](O)CC[C@]4(C)[C@H]3C[C@H](O)[C@]12C. The normalized spacial score (nSPS) is 40.6. The van der Waals surface area contributed by atoms with Crippen molar-refractivity contribution >= 4 is 22.8 Å². The summed E-state index contributed by atoms with van der Waals surface area (Å²) in [6.45, 7) is 6.97. The third kappa shape index (κ3) is 5.95. The molecule has 11 nitrogen and oxygen atoms in total. The standard InChI is InChI=1S/C38H55N5O6/c1-21(26-9-10-27-25-8-7-23-15-24(45)12-13-37(23,2)28(25)16-31(47)38(26,27)3)6-11-32(48)40-14-4-5-22-18-43(33-17-29(46)30(19-44)49-33)36-34(22)35(39)41-20-42-36/h18,20-21,23-31,33,44-47H,6-17,19H2,1-3H3,(H,40,48)(H2,39,41,42)/t21-,23-,24-,25+,26-,27+,28+,29+,30-,31+,33-,37+,38-/m1/s1. The van der Waals surface area contributed by atoms with E-state index in [1.807, 2.05) is 0 Å². The number of anilines is 1. The Labute approximate surface area is 289 Å². The fourth-order valence-corrected chi connectivity index (χ4v) is 11.6. The molecule has 3 heterocycles. The Morgan fingerprint density at radius 2 is 1.94 bits per heavy atom. The van der Waals surface area contributed by atoms with Crippen LogP contribution in [0.3, 0.4) is 0 Å². The molecule has 7 rings (SSSR count). The van der Waals surface area contributed by atoms with Gasteiger partial charge in [-0.2, -0.15) is 0 Å². The van der Waals surface area contributed by atoms with Crippen molar-refractivity contribution in [1.29, 1.82) is 0 Å². The number of hydrogen-bond acceptors (Lipinski definition) is 9. The number of aliphatic hydroxyl groups is 4. The highest BCUT2D eigenvalue weighted by molar-refractivity contribution is 5.92. The number of nitrogens with two attached hydrogens (primary N) is 1. The van der Waals surface area contributed by atoms with E-state index in [-0.39, 0.29) is 47.9 Å². The van der Waals surface area contributed by atoms with Gasteiger partial charge in [-0.05, 0) is 104 Å². The number of fused-ring (bicyclic) bond motifs is 6. The summed E-state index contributed by atoms with van der Waals surface area (Å²) >= 11 is 0. The van der Waals surface area contributed by atoms with E-state index in [0.717, 1.165) is 44.9 Å². The van der Waals surface area contributed by atoms with Gasteiger partial charge < -0.3 is 40.8 Å². The van der Waals surface area contributed by atoms with Crippen LogP contribution in [0.25, 0.3) is 11.0 Å². The van der Waals surface area contributed by atoms with Gasteiger partial charge in [-0.3, -0.25) is 4.79 Å². The summed E-state index contributed by atoms with van der Waals surface area (Å²) < 4.78 is 7.60. The van der Waals surface area contributed by atoms with E-state index in [1.54, 1.807) is 10.8 Å². The molecular weight excluding hydrogens is 622 g/mol. The van der Waals surface area contributed by atoms with Crippen LogP contribution in [0.15, 0.2) is 12.5 Å². The Balaban J connectivity index is 0.952. The Kier molecular flexibility index (Phi) is 9.50. The van der Waals surface area contributed by atoms with Gasteiger partial charge in [-0.25, -0.2) is 9.97 Å². The van der Waals surface area contributed by atoms with Crippen LogP contribution in [0.2, 0.25) is 0 Å². The monoisotopic (exact) mass is 677 g/mol. The summed E-state index contributed by atoms with van der Waals surface area (Å²) in [5.74, 6) is 9.39. The second-order valence-corrected chi connectivity index (χ2v) is 16.5. The number of ether oxygens (including phenoxy) is 1. The second-order valence-electron chi connectivity index (χ2n) is 16.5. The molecule has 2 aromatic heterocycles. The van der Waals surface area contributed by atoms with Crippen molar-refractivity contribution in [1.82, 2.24) is 19.9 Å². The summed E-state index contributed by atoms with van der Waals surface area (Å²) in [4.78, 5) is 21.5. The molecule has 0 radical (unpaired) electrons. The Bertz CT molecular complexity index is 1600. The van der Waals surface area contributed by atoms with Gasteiger partial charge in [0.15, 0.2) is 0 Å². The minimum absolute atomic E-state index is 0.0375. The Morgan fingerprint density at radius 3 is 2.71 bits per heavy atom. The number of aliphatic hydroxyl groups excluding tert-OH is 4. The first-order valence-electron chi connectivity index (χ1n) is 18.6. The second kappa shape index (κ2) is 13.4. The lowest BCUT2D eigenvalue weighted by Gasteiger charge is -2.62. The first-order valence-corrected chi connectivity index (χ1v) is 18.6. The van der Waals surface area contributed by atoms with Crippen molar-refractivity contribution in [2.75, 3.05) is 18.9 Å². The minimum atomic E-state index is -0.793. The van der Waals surface area contributed by atoms with E-state index in [2.05, 4.69) is 47.9 Å². The third-order valence-electron chi connectivity index (χ3n) is 14.3. The van der Waals surface area contributed by atoms with E-state index in [1.165, 1.54) is 19.2 Å². The number of nitrogens with one attached hydrogen (secondary N) is 1. The molecule has 4 saturated carbocycles. The first kappa shape index (κ1) is 34.7. The number of carbonyl (C=O) groups is 1. The minimum Gasteiger partial charge on any atom is -0.394 e. The van der Waals surface area contributed by atoms with Crippen LogP contribution in [0, 0.1) is 58.2 Å². The number of hydrogen-bond donors (Lipinski definition) is 6. The van der Waals surface area contributed by atoms with E-state index in [0.29, 0.717) is 64.9 Å². The summed E-state index contributed by atoms with van der Waals surface area (Å²) in [7, 11) is 0. The molecule has 0 aromatic carbocycles. The van der Waals surface area contributed by atoms with Gasteiger partial charge in [-0.1, -0.05) is 32.6 Å². The van der Waals surface area contributed by atoms with Crippen LogP contribution in [0.1, 0.15) is 103 Å². The van der Waals surface area contributed by atoms with Crippen molar-refractivity contribution in [3.05, 3.63) is 18.1 Å². The Hall–Kier alpha value is -2.75. The van der Waals surface area contributed by atoms with Crippen molar-refractivity contribution in [3.8, 4) is 11.8 Å². The Morgan fingerprint density at radius 1 is 1.12 bits per heavy atom. The summed E-state index contributed by atoms with van der Waals surface area (Å²) in [6.07, 6.45) is 10.6. The molecule has 1 amide bonds. The van der Waals surface area contributed by atoms with Gasteiger partial charge in [0.25, 0.3) is 0 Å². The van der Waals surface area contributed by atoms with Crippen LogP contribution in [-0.4, -0.2) is 78.4 Å². The largest absolute Gasteiger partial charge is 0.394 e. The lowest BCUT2D eigenvalue weighted by Crippen LogP contribution is -2.58. The summed E-state index contributed by atoms with van der Waals surface area (Å²) in [5.41, 5.74) is 7.43. The third-order valence-corrected chi connectivity index (χ3v) is 14.3. The molecule has 0 bridgehead atoms. The first-order chi connectivity index (χ1) is 23.4. The molecule has 0 unspecified atom stereocenters. The molecule has 1 aliphatic heterocycles. The maximum Gasteiger partial charge on any atom is 0.220 e. The maximum atomic E-state index is 13.0. The average molecular weight is 678 g/mol. The lowest BCUT2D eigenvalue weighted by atomic mass is 9.43. The summed E-state index contributed by atoms with van der Waals surface area (Å²) in [5, 5.41) is 45.5. The predicted molar refractivity (Wildman–Crippen MR) is 184 cm³/mol. The topological polar surface area (TPSA) is 176 Å². The molecule has 49 heavy (non-hydrogen) atoms. The highest BCUT2D eigenvalue weighted by atomic mass is 16.5. The number of carbonyl (C=O) groups excluding carboxylic acids is 1. The molecule has 268 valence electrons. The molecule has 2 aromatic rings. The van der Waals surface area contributed by atoms with Crippen molar-refractivity contribution < 1.29 is 30.0 Å². The number of amides is 1. The lowest BCUT2D eigenvalue weighted by molar-refractivity contribution is -0.174. The number of rotatable bonds is 7. The fraction of sp³-hybridized carbons (Fsp3) is 0.763. The molecule has 4 aliphatic carbocycles. The maximum absolute atomic E-state index is 13.0. The van der Waals surface area contributed by atoms with Crippen molar-refractivity contribution in [3.63, 3.8) is 0 Å². The zero-order chi connectivity index (χ0) is 34.7. The van der Waals surface area contributed by atoms with Gasteiger partial charge >= 0.3 is 0 Å². The van der Waals surface area contributed by atoms with Crippen LogP contribution >= 0.6 is 0 Å². The summed E-state index contributed by atoms with van der Waals surface area (Å²) in [6, 6.07) is 0. The van der Waals surface area contributed by atoms with E-state index < -0.39 is 18.4 Å².